The van der Waals surface area contributed by atoms with Gasteiger partial charge in [0.05, 0.1) is 0 Å². The molecule has 28 heavy (non-hydrogen) atoms. The van der Waals surface area contributed by atoms with Crippen molar-refractivity contribution in [2.45, 2.75) is 45.1 Å². The summed E-state index contributed by atoms with van der Waals surface area (Å²) in [7, 11) is 1.87. The second-order valence-corrected chi connectivity index (χ2v) is 7.59. The predicted octanol–water partition coefficient (Wildman–Crippen LogP) is 5.12. The lowest BCUT2D eigenvalue weighted by atomic mass is 9.84. The Kier molecular flexibility index (Phi) is 6.45. The smallest absolute Gasteiger partial charge is 0.255 e. The maximum absolute atomic E-state index is 13.0. The van der Waals surface area contributed by atoms with Crippen LogP contribution >= 0.6 is 0 Å². The first-order valence-corrected chi connectivity index (χ1v) is 9.90. The zero-order valence-electron chi connectivity index (χ0n) is 16.5. The van der Waals surface area contributed by atoms with Crippen molar-refractivity contribution in [1.82, 2.24) is 4.90 Å². The molecule has 1 N–H and O–H groups in total. The van der Waals surface area contributed by atoms with Gasteiger partial charge in [0, 0.05) is 29.9 Å². The standard InChI is InChI=1S/C23H27FN2O2/c1-16(17-6-4-3-5-7-17)26(2)23(28)19-10-14-21(15-11-19)25-22(27)18-8-12-20(24)13-9-18/h8-17H,3-7H2,1-2H3,(H,25,27). The van der Waals surface area contributed by atoms with Gasteiger partial charge in [-0.15, -0.1) is 0 Å². The zero-order chi connectivity index (χ0) is 20.1. The SMILES string of the molecule is CC(C1CCCCC1)N(C)C(=O)c1ccc(NC(=O)c2ccc(F)cc2)cc1. The summed E-state index contributed by atoms with van der Waals surface area (Å²) in [4.78, 5) is 26.9. The summed E-state index contributed by atoms with van der Waals surface area (Å²) in [6, 6.07) is 12.5. The van der Waals surface area contributed by atoms with Gasteiger partial charge in [-0.2, -0.15) is 0 Å². The summed E-state index contributed by atoms with van der Waals surface area (Å²) in [5.74, 6) is -0.139. The number of amides is 2. The Morgan fingerprint density at radius 1 is 0.964 bits per heavy atom. The van der Waals surface area contributed by atoms with Crippen molar-refractivity contribution in [2.75, 3.05) is 12.4 Å². The van der Waals surface area contributed by atoms with Gasteiger partial charge >= 0.3 is 0 Å². The Morgan fingerprint density at radius 3 is 2.14 bits per heavy atom. The largest absolute Gasteiger partial charge is 0.339 e. The lowest BCUT2D eigenvalue weighted by Crippen LogP contribution is -2.40. The van der Waals surface area contributed by atoms with Crippen LogP contribution in [0, 0.1) is 11.7 Å². The second-order valence-electron chi connectivity index (χ2n) is 7.59. The lowest BCUT2D eigenvalue weighted by molar-refractivity contribution is 0.0665. The Bertz CT molecular complexity index is 812. The molecule has 4 nitrogen and oxygen atoms in total. The normalized spacial score (nSPS) is 15.7. The van der Waals surface area contributed by atoms with E-state index in [1.54, 1.807) is 24.3 Å². The maximum Gasteiger partial charge on any atom is 0.255 e. The Balaban J connectivity index is 1.62. The van der Waals surface area contributed by atoms with E-state index in [1.807, 2.05) is 11.9 Å². The van der Waals surface area contributed by atoms with Crippen LogP contribution in [-0.2, 0) is 0 Å². The highest BCUT2D eigenvalue weighted by Gasteiger charge is 2.26. The molecule has 0 saturated heterocycles. The van der Waals surface area contributed by atoms with E-state index in [0.717, 1.165) is 0 Å². The van der Waals surface area contributed by atoms with Gasteiger partial charge in [-0.05, 0) is 74.2 Å². The highest BCUT2D eigenvalue weighted by Crippen LogP contribution is 2.29. The highest BCUT2D eigenvalue weighted by molar-refractivity contribution is 6.04. The maximum atomic E-state index is 13.0. The van der Waals surface area contributed by atoms with Crippen LogP contribution in [0.2, 0.25) is 0 Å². The molecule has 2 amide bonds. The number of hydrogen-bond acceptors (Lipinski definition) is 2. The first-order valence-electron chi connectivity index (χ1n) is 9.90. The van der Waals surface area contributed by atoms with Crippen LogP contribution in [0.25, 0.3) is 0 Å². The van der Waals surface area contributed by atoms with Gasteiger partial charge < -0.3 is 10.2 Å². The van der Waals surface area contributed by atoms with Crippen LogP contribution in [0.5, 0.6) is 0 Å². The number of rotatable bonds is 5. The molecule has 1 saturated carbocycles. The third kappa shape index (κ3) is 4.77. The fourth-order valence-electron chi connectivity index (χ4n) is 3.82. The van der Waals surface area contributed by atoms with E-state index in [1.165, 1.54) is 56.4 Å². The van der Waals surface area contributed by atoms with E-state index < -0.39 is 0 Å². The molecule has 148 valence electrons. The van der Waals surface area contributed by atoms with Gasteiger partial charge in [-0.3, -0.25) is 9.59 Å². The van der Waals surface area contributed by atoms with Crippen LogP contribution in [0.1, 0.15) is 59.7 Å². The number of nitrogens with zero attached hydrogens (tertiary/aromatic N) is 1. The molecule has 0 spiro atoms. The van der Waals surface area contributed by atoms with Crippen molar-refractivity contribution in [3.63, 3.8) is 0 Å². The monoisotopic (exact) mass is 382 g/mol. The number of nitrogens with one attached hydrogen (secondary N) is 1. The van der Waals surface area contributed by atoms with Crippen LogP contribution < -0.4 is 5.32 Å². The lowest BCUT2D eigenvalue weighted by Gasteiger charge is -2.34. The van der Waals surface area contributed by atoms with Gasteiger partial charge in [0.2, 0.25) is 0 Å². The van der Waals surface area contributed by atoms with Crippen molar-refractivity contribution >= 4 is 17.5 Å². The number of anilines is 1. The molecule has 0 bridgehead atoms. The van der Waals surface area contributed by atoms with Crippen LogP contribution in [0.3, 0.4) is 0 Å². The summed E-state index contributed by atoms with van der Waals surface area (Å²) in [5.41, 5.74) is 1.57. The third-order valence-corrected chi connectivity index (χ3v) is 5.76. The molecule has 0 aliphatic heterocycles. The van der Waals surface area contributed by atoms with Crippen LogP contribution in [-0.4, -0.2) is 29.8 Å². The van der Waals surface area contributed by atoms with Crippen molar-refractivity contribution in [3.8, 4) is 0 Å². The summed E-state index contributed by atoms with van der Waals surface area (Å²) >= 11 is 0. The molecule has 3 rings (SSSR count). The average Bonchev–Trinajstić information content (AvgIpc) is 2.73. The van der Waals surface area contributed by atoms with Crippen LogP contribution in [0.4, 0.5) is 10.1 Å². The summed E-state index contributed by atoms with van der Waals surface area (Å²) in [6.07, 6.45) is 6.17. The van der Waals surface area contributed by atoms with Crippen molar-refractivity contribution in [2.24, 2.45) is 5.92 Å². The Hall–Kier alpha value is -2.69. The number of halogens is 1. The van der Waals surface area contributed by atoms with Crippen molar-refractivity contribution < 1.29 is 14.0 Å². The summed E-state index contributed by atoms with van der Waals surface area (Å²) in [5, 5.41) is 2.76. The molecule has 0 heterocycles. The fraction of sp³-hybridized carbons (Fsp3) is 0.391. The predicted molar refractivity (Wildman–Crippen MR) is 109 cm³/mol. The molecule has 2 aromatic rings. The van der Waals surface area contributed by atoms with Gasteiger partial charge in [-0.25, -0.2) is 4.39 Å². The molecule has 1 atom stereocenters. The highest BCUT2D eigenvalue weighted by atomic mass is 19.1. The van der Waals surface area contributed by atoms with Gasteiger partial charge in [0.15, 0.2) is 0 Å². The Labute approximate surface area is 165 Å². The zero-order valence-corrected chi connectivity index (χ0v) is 16.5. The molecule has 1 aliphatic carbocycles. The average molecular weight is 382 g/mol. The Morgan fingerprint density at radius 2 is 1.54 bits per heavy atom. The second kappa shape index (κ2) is 9.00. The quantitative estimate of drug-likeness (QED) is 0.780. The molecule has 0 aromatic heterocycles. The fourth-order valence-corrected chi connectivity index (χ4v) is 3.82. The topological polar surface area (TPSA) is 49.4 Å². The van der Waals surface area contributed by atoms with E-state index in [2.05, 4.69) is 12.2 Å². The molecule has 2 aromatic carbocycles. The van der Waals surface area contributed by atoms with Crippen LogP contribution in [0.15, 0.2) is 48.5 Å². The van der Waals surface area contributed by atoms with E-state index in [9.17, 15) is 14.0 Å². The molecule has 1 fully saturated rings. The third-order valence-electron chi connectivity index (χ3n) is 5.76. The van der Waals surface area contributed by atoms with E-state index in [0.29, 0.717) is 22.7 Å². The number of hydrogen-bond donors (Lipinski definition) is 1. The van der Waals surface area contributed by atoms with Crippen molar-refractivity contribution in [3.05, 3.63) is 65.5 Å². The summed E-state index contributed by atoms with van der Waals surface area (Å²) in [6.45, 7) is 2.13. The number of carbonyl (C=O) groups excluding carboxylic acids is 2. The van der Waals surface area contributed by atoms with E-state index >= 15 is 0 Å². The molecule has 1 aliphatic rings. The van der Waals surface area contributed by atoms with E-state index in [-0.39, 0.29) is 23.7 Å². The molecular formula is C23H27FN2O2. The van der Waals surface area contributed by atoms with Gasteiger partial charge in [-0.1, -0.05) is 19.3 Å². The minimum absolute atomic E-state index is 0.00511. The first-order chi connectivity index (χ1) is 13.5. The molecule has 0 radical (unpaired) electrons. The summed E-state index contributed by atoms with van der Waals surface area (Å²) < 4.78 is 13.0. The van der Waals surface area contributed by atoms with Gasteiger partial charge in [0.25, 0.3) is 11.8 Å². The minimum Gasteiger partial charge on any atom is -0.339 e. The molecule has 5 heteroatoms. The first kappa shape index (κ1) is 20.1. The minimum atomic E-state index is -0.383. The number of benzene rings is 2. The van der Waals surface area contributed by atoms with E-state index in [4.69, 9.17) is 0 Å². The van der Waals surface area contributed by atoms with Crippen molar-refractivity contribution in [1.29, 1.82) is 0 Å². The molecule has 1 unspecified atom stereocenters. The number of carbonyl (C=O) groups is 2. The molecular weight excluding hydrogens is 355 g/mol. The van der Waals surface area contributed by atoms with Gasteiger partial charge in [0.1, 0.15) is 5.82 Å².